The third-order valence-corrected chi connectivity index (χ3v) is 3.35. The molecule has 0 aliphatic rings. The minimum absolute atomic E-state index is 0.262. The van der Waals surface area contributed by atoms with Crippen LogP contribution in [0.1, 0.15) is 11.5 Å². The van der Waals surface area contributed by atoms with E-state index in [-0.39, 0.29) is 5.82 Å². The van der Waals surface area contributed by atoms with E-state index in [2.05, 4.69) is 26.1 Å². The maximum Gasteiger partial charge on any atom is 0.276 e. The van der Waals surface area contributed by atoms with Crippen molar-refractivity contribution in [3.8, 4) is 0 Å². The number of aromatic nitrogens is 2. The molecule has 2 aromatic rings. The van der Waals surface area contributed by atoms with E-state index >= 15 is 0 Å². The minimum atomic E-state index is -0.262. The smallest absolute Gasteiger partial charge is 0.276 e. The van der Waals surface area contributed by atoms with Gasteiger partial charge in [0.2, 0.25) is 5.89 Å². The second-order valence-corrected chi connectivity index (χ2v) is 4.91. The van der Waals surface area contributed by atoms with Gasteiger partial charge in [0.15, 0.2) is 0 Å². The average Bonchev–Trinajstić information content (AvgIpc) is 2.66. The molecule has 0 N–H and O–H groups in total. The van der Waals surface area contributed by atoms with E-state index in [1.54, 1.807) is 19.1 Å². The van der Waals surface area contributed by atoms with Crippen LogP contribution in [0.2, 0.25) is 0 Å². The molecule has 0 unspecified atom stereocenters. The van der Waals surface area contributed by atoms with E-state index in [9.17, 15) is 4.39 Å². The van der Waals surface area contributed by atoms with E-state index < -0.39 is 0 Å². The Bertz CT molecular complexity index is 503. The zero-order valence-electron chi connectivity index (χ0n) is 8.41. The number of halogens is 2. The summed E-state index contributed by atoms with van der Waals surface area (Å²) in [5.74, 6) is 0.950. The first-order valence-corrected chi connectivity index (χ1v) is 6.30. The summed E-state index contributed by atoms with van der Waals surface area (Å²) in [6.45, 7) is 1.74. The lowest BCUT2D eigenvalue weighted by atomic mass is 10.2. The molecule has 1 aromatic heterocycles. The van der Waals surface area contributed by atoms with Gasteiger partial charge in [0, 0.05) is 12.7 Å². The molecule has 2 rings (SSSR count). The summed E-state index contributed by atoms with van der Waals surface area (Å²) >= 11 is 4.57. The number of hydrogen-bond acceptors (Lipinski definition) is 4. The van der Waals surface area contributed by atoms with Crippen molar-refractivity contribution >= 4 is 27.7 Å². The molecule has 0 spiro atoms. The third kappa shape index (κ3) is 2.82. The highest BCUT2D eigenvalue weighted by Gasteiger charge is 2.05. The first-order chi connectivity index (χ1) is 7.65. The summed E-state index contributed by atoms with van der Waals surface area (Å²) in [6, 6.07) is 4.90. The first-order valence-electron chi connectivity index (χ1n) is 4.52. The molecule has 0 bridgehead atoms. The zero-order valence-corrected chi connectivity index (χ0v) is 10.8. The van der Waals surface area contributed by atoms with Crippen molar-refractivity contribution < 1.29 is 8.81 Å². The second kappa shape index (κ2) is 4.97. The van der Waals surface area contributed by atoms with Crippen molar-refractivity contribution in [3.05, 3.63) is 39.9 Å². The van der Waals surface area contributed by atoms with Crippen molar-refractivity contribution in [2.24, 2.45) is 0 Å². The third-order valence-electron chi connectivity index (χ3n) is 1.85. The molecular formula is C10H8BrFN2OS. The molecule has 0 aliphatic carbocycles. The molecule has 0 saturated carbocycles. The van der Waals surface area contributed by atoms with Gasteiger partial charge in [-0.2, -0.15) is 0 Å². The molecule has 6 heteroatoms. The Balaban J connectivity index is 2.02. The second-order valence-electron chi connectivity index (χ2n) is 3.12. The van der Waals surface area contributed by atoms with Gasteiger partial charge in [-0.25, -0.2) is 4.39 Å². The van der Waals surface area contributed by atoms with Crippen LogP contribution in [0.5, 0.6) is 0 Å². The van der Waals surface area contributed by atoms with Gasteiger partial charge in [-0.1, -0.05) is 17.8 Å². The predicted octanol–water partition coefficient (Wildman–Crippen LogP) is 3.57. The van der Waals surface area contributed by atoms with Crippen LogP contribution in [0.4, 0.5) is 4.39 Å². The molecule has 3 nitrogen and oxygen atoms in total. The molecule has 16 heavy (non-hydrogen) atoms. The highest BCUT2D eigenvalue weighted by atomic mass is 79.9. The number of aryl methyl sites for hydroxylation is 1. The SMILES string of the molecule is Cc1nnc(SCc2ccc(F)c(Br)c2)o1. The fourth-order valence-corrected chi connectivity index (χ4v) is 2.29. The van der Waals surface area contributed by atoms with Crippen molar-refractivity contribution in [1.82, 2.24) is 10.2 Å². The van der Waals surface area contributed by atoms with Crippen LogP contribution in [-0.2, 0) is 5.75 Å². The van der Waals surface area contributed by atoms with Gasteiger partial charge in [0.1, 0.15) is 5.82 Å². The lowest BCUT2D eigenvalue weighted by molar-refractivity contribution is 0.429. The summed E-state index contributed by atoms with van der Waals surface area (Å²) < 4.78 is 18.6. The molecule has 1 heterocycles. The van der Waals surface area contributed by atoms with Crippen LogP contribution >= 0.6 is 27.7 Å². The molecule has 0 saturated heterocycles. The molecule has 0 atom stereocenters. The highest BCUT2D eigenvalue weighted by molar-refractivity contribution is 9.10. The van der Waals surface area contributed by atoms with Crippen LogP contribution in [0.3, 0.4) is 0 Å². The van der Waals surface area contributed by atoms with Gasteiger partial charge in [-0.15, -0.1) is 10.2 Å². The maximum absolute atomic E-state index is 13.0. The van der Waals surface area contributed by atoms with E-state index in [4.69, 9.17) is 4.42 Å². The number of nitrogens with zero attached hydrogens (tertiary/aromatic N) is 2. The van der Waals surface area contributed by atoms with Crippen LogP contribution in [0.25, 0.3) is 0 Å². The Kier molecular flexibility index (Phi) is 3.60. The molecule has 0 aliphatic heterocycles. The molecule has 0 fully saturated rings. The van der Waals surface area contributed by atoms with Crippen LogP contribution in [0, 0.1) is 12.7 Å². The quantitative estimate of drug-likeness (QED) is 0.813. The molecular weight excluding hydrogens is 295 g/mol. The van der Waals surface area contributed by atoms with Gasteiger partial charge >= 0.3 is 0 Å². The number of benzene rings is 1. The fraction of sp³-hybridized carbons (Fsp3) is 0.200. The lowest BCUT2D eigenvalue weighted by Crippen LogP contribution is -1.84. The van der Waals surface area contributed by atoms with Gasteiger partial charge in [-0.05, 0) is 33.6 Å². The number of rotatable bonds is 3. The zero-order chi connectivity index (χ0) is 11.5. The highest BCUT2D eigenvalue weighted by Crippen LogP contribution is 2.24. The van der Waals surface area contributed by atoms with Crippen molar-refractivity contribution in [2.75, 3.05) is 0 Å². The Hall–Kier alpha value is -0.880. The summed E-state index contributed by atoms with van der Waals surface area (Å²) in [6.07, 6.45) is 0. The van der Waals surface area contributed by atoms with Crippen molar-refractivity contribution in [2.45, 2.75) is 17.9 Å². The fourth-order valence-electron chi connectivity index (χ4n) is 1.11. The number of hydrogen-bond donors (Lipinski definition) is 0. The van der Waals surface area contributed by atoms with E-state index in [1.807, 2.05) is 0 Å². The van der Waals surface area contributed by atoms with Gasteiger partial charge in [0.05, 0.1) is 4.47 Å². The normalized spacial score (nSPS) is 10.7. The first kappa shape index (κ1) is 11.6. The Morgan fingerprint density at radius 1 is 1.44 bits per heavy atom. The lowest BCUT2D eigenvalue weighted by Gasteiger charge is -2.00. The summed E-state index contributed by atoms with van der Waals surface area (Å²) in [5.41, 5.74) is 0.995. The van der Waals surface area contributed by atoms with Crippen molar-refractivity contribution in [1.29, 1.82) is 0 Å². The number of thioether (sulfide) groups is 1. The molecule has 0 radical (unpaired) electrons. The Morgan fingerprint density at radius 3 is 2.88 bits per heavy atom. The Morgan fingerprint density at radius 2 is 2.25 bits per heavy atom. The largest absolute Gasteiger partial charge is 0.416 e. The summed E-state index contributed by atoms with van der Waals surface area (Å²) in [4.78, 5) is 0. The van der Waals surface area contributed by atoms with Crippen molar-refractivity contribution in [3.63, 3.8) is 0 Å². The van der Waals surface area contributed by atoms with Gasteiger partial charge in [-0.3, -0.25) is 0 Å². The monoisotopic (exact) mass is 302 g/mol. The van der Waals surface area contributed by atoms with Crippen LogP contribution in [0.15, 0.2) is 32.3 Å². The standard InChI is InChI=1S/C10H8BrFN2OS/c1-6-13-14-10(15-6)16-5-7-2-3-9(12)8(11)4-7/h2-4H,5H2,1H3. The van der Waals surface area contributed by atoms with Gasteiger partial charge < -0.3 is 4.42 Å². The van der Waals surface area contributed by atoms with E-state index in [0.717, 1.165) is 5.56 Å². The minimum Gasteiger partial charge on any atom is -0.416 e. The summed E-state index contributed by atoms with van der Waals surface area (Å²) in [7, 11) is 0. The molecule has 84 valence electrons. The molecule has 0 amide bonds. The van der Waals surface area contributed by atoms with Crippen LogP contribution in [-0.4, -0.2) is 10.2 Å². The van der Waals surface area contributed by atoms with Crippen LogP contribution < -0.4 is 0 Å². The van der Waals surface area contributed by atoms with E-state index in [0.29, 0.717) is 21.3 Å². The maximum atomic E-state index is 13.0. The average molecular weight is 303 g/mol. The summed E-state index contributed by atoms with van der Waals surface area (Å²) in [5, 5.41) is 8.11. The topological polar surface area (TPSA) is 38.9 Å². The van der Waals surface area contributed by atoms with E-state index in [1.165, 1.54) is 17.8 Å². The predicted molar refractivity (Wildman–Crippen MR) is 62.7 cm³/mol. The Labute approximate surface area is 105 Å². The molecule has 1 aromatic carbocycles. The van der Waals surface area contributed by atoms with Gasteiger partial charge in [0.25, 0.3) is 5.22 Å².